The molecule has 0 fully saturated rings. The highest BCUT2D eigenvalue weighted by Crippen LogP contribution is 2.34. The molecule has 4 aromatic rings. The molecule has 130 valence electrons. The van der Waals surface area contributed by atoms with E-state index in [0.29, 0.717) is 5.92 Å². The Kier molecular flexibility index (Phi) is 3.99. The van der Waals surface area contributed by atoms with E-state index in [0.717, 1.165) is 45.2 Å². The quantitative estimate of drug-likeness (QED) is 0.548. The third-order valence-corrected chi connectivity index (χ3v) is 4.52. The summed E-state index contributed by atoms with van der Waals surface area (Å²) in [5.74, 6) is 1.36. The molecule has 0 aliphatic rings. The number of fused-ring (bicyclic) bond motifs is 1. The van der Waals surface area contributed by atoms with Crippen LogP contribution in [-0.4, -0.2) is 24.5 Å². The molecule has 5 heteroatoms. The molecule has 3 heterocycles. The number of aromatic nitrogens is 5. The van der Waals surface area contributed by atoms with Gasteiger partial charge in [-0.1, -0.05) is 26.0 Å². The maximum atomic E-state index is 4.94. The van der Waals surface area contributed by atoms with Crippen molar-refractivity contribution >= 4 is 11.0 Å². The van der Waals surface area contributed by atoms with E-state index in [9.17, 15) is 0 Å². The van der Waals surface area contributed by atoms with Crippen LogP contribution in [0.3, 0.4) is 0 Å². The molecule has 4 rings (SSSR count). The fraction of sp³-hybridized carbons (Fsp3) is 0.238. The van der Waals surface area contributed by atoms with Crippen molar-refractivity contribution in [3.63, 3.8) is 0 Å². The van der Waals surface area contributed by atoms with Crippen LogP contribution in [0, 0.1) is 6.92 Å². The molecule has 26 heavy (non-hydrogen) atoms. The van der Waals surface area contributed by atoms with Crippen LogP contribution < -0.4 is 0 Å². The third kappa shape index (κ3) is 2.75. The van der Waals surface area contributed by atoms with E-state index in [1.807, 2.05) is 31.2 Å². The fourth-order valence-corrected chi connectivity index (χ4v) is 3.33. The minimum absolute atomic E-state index is 0.317. The zero-order valence-electron chi connectivity index (χ0n) is 15.4. The normalized spacial score (nSPS) is 11.4. The van der Waals surface area contributed by atoms with Crippen molar-refractivity contribution in [1.29, 1.82) is 0 Å². The van der Waals surface area contributed by atoms with Crippen LogP contribution in [0.25, 0.3) is 33.7 Å². The lowest BCUT2D eigenvalue weighted by Crippen LogP contribution is -2.01. The molecule has 0 saturated carbocycles. The Balaban J connectivity index is 1.99. The fourth-order valence-electron chi connectivity index (χ4n) is 3.33. The van der Waals surface area contributed by atoms with Gasteiger partial charge in [0.05, 0.1) is 22.4 Å². The van der Waals surface area contributed by atoms with Gasteiger partial charge >= 0.3 is 0 Å². The van der Waals surface area contributed by atoms with Gasteiger partial charge in [0.25, 0.3) is 0 Å². The van der Waals surface area contributed by atoms with Crippen LogP contribution in [-0.2, 0) is 7.05 Å². The summed E-state index contributed by atoms with van der Waals surface area (Å²) in [7, 11) is 2.07. The van der Waals surface area contributed by atoms with E-state index in [4.69, 9.17) is 9.97 Å². The topological polar surface area (TPSA) is 56.5 Å². The molecule has 0 bridgehead atoms. The van der Waals surface area contributed by atoms with Gasteiger partial charge in [-0.05, 0) is 31.2 Å². The number of hydrogen-bond acceptors (Lipinski definition) is 4. The molecule has 0 atom stereocenters. The molecule has 0 amide bonds. The number of benzene rings is 1. The number of hydrogen-bond donors (Lipinski definition) is 0. The van der Waals surface area contributed by atoms with Gasteiger partial charge in [0.15, 0.2) is 0 Å². The van der Waals surface area contributed by atoms with Gasteiger partial charge in [-0.3, -0.25) is 15.0 Å². The molecular weight excluding hydrogens is 322 g/mol. The summed E-state index contributed by atoms with van der Waals surface area (Å²) in [6.45, 7) is 6.32. The number of pyridine rings is 1. The molecule has 0 spiro atoms. The molecule has 0 saturated heterocycles. The molecular formula is C21H21N5. The lowest BCUT2D eigenvalue weighted by molar-refractivity contribution is 0.714. The van der Waals surface area contributed by atoms with Crippen molar-refractivity contribution in [2.45, 2.75) is 26.7 Å². The summed E-state index contributed by atoms with van der Waals surface area (Å²) in [5.41, 5.74) is 6.66. The van der Waals surface area contributed by atoms with Gasteiger partial charge in [-0.25, -0.2) is 4.98 Å². The Morgan fingerprint density at radius 1 is 0.923 bits per heavy atom. The largest absolute Gasteiger partial charge is 0.330 e. The zero-order chi connectivity index (χ0) is 18.3. The summed E-state index contributed by atoms with van der Waals surface area (Å²) in [4.78, 5) is 18.5. The van der Waals surface area contributed by atoms with Gasteiger partial charge in [0, 0.05) is 36.6 Å². The van der Waals surface area contributed by atoms with E-state index in [1.54, 1.807) is 12.4 Å². The van der Waals surface area contributed by atoms with Gasteiger partial charge in [-0.2, -0.15) is 0 Å². The first kappa shape index (κ1) is 16.4. The Labute approximate surface area is 152 Å². The molecule has 0 radical (unpaired) electrons. The predicted octanol–water partition coefficient (Wildman–Crippen LogP) is 4.52. The molecule has 5 nitrogen and oxygen atoms in total. The van der Waals surface area contributed by atoms with Crippen LogP contribution in [0.1, 0.15) is 31.3 Å². The second-order valence-corrected chi connectivity index (χ2v) is 6.80. The number of aryl methyl sites for hydroxylation is 1. The summed E-state index contributed by atoms with van der Waals surface area (Å²) < 4.78 is 2.17. The summed E-state index contributed by atoms with van der Waals surface area (Å²) >= 11 is 0. The maximum Gasteiger partial charge on any atom is 0.115 e. The van der Waals surface area contributed by atoms with E-state index in [2.05, 4.69) is 47.6 Å². The Morgan fingerprint density at radius 3 is 2.42 bits per heavy atom. The minimum atomic E-state index is 0.317. The second kappa shape index (κ2) is 6.33. The monoisotopic (exact) mass is 343 g/mol. The van der Waals surface area contributed by atoms with Crippen LogP contribution in [0.4, 0.5) is 0 Å². The Bertz CT molecular complexity index is 1090. The molecule has 0 aliphatic heterocycles. The highest BCUT2D eigenvalue weighted by molar-refractivity contribution is 5.85. The van der Waals surface area contributed by atoms with Crippen molar-refractivity contribution in [1.82, 2.24) is 24.5 Å². The minimum Gasteiger partial charge on any atom is -0.330 e. The number of nitrogens with zero attached hydrogens (tertiary/aromatic N) is 5. The summed E-state index contributed by atoms with van der Waals surface area (Å²) in [6.07, 6.45) is 3.43. The van der Waals surface area contributed by atoms with Crippen LogP contribution in [0.15, 0.2) is 48.8 Å². The van der Waals surface area contributed by atoms with Crippen LogP contribution in [0.2, 0.25) is 0 Å². The van der Waals surface area contributed by atoms with Crippen molar-refractivity contribution in [3.05, 3.63) is 60.3 Å². The van der Waals surface area contributed by atoms with Crippen molar-refractivity contribution in [2.75, 3.05) is 0 Å². The number of imidazole rings is 1. The maximum absolute atomic E-state index is 4.94. The first-order valence-corrected chi connectivity index (χ1v) is 8.76. The Morgan fingerprint density at radius 2 is 1.69 bits per heavy atom. The highest BCUT2D eigenvalue weighted by atomic mass is 15.1. The van der Waals surface area contributed by atoms with Crippen LogP contribution in [0.5, 0.6) is 0 Å². The molecule has 1 aromatic carbocycles. The molecule has 0 N–H and O–H groups in total. The lowest BCUT2D eigenvalue weighted by atomic mass is 10.1. The standard InChI is InChI=1S/C21H21N5/c1-13(2)21-25-19(17-7-5-6-14(3)24-17)20(26(21)4)15-8-9-16-18(12-15)23-11-10-22-16/h5-13H,1-4H3. The van der Waals surface area contributed by atoms with Gasteiger partial charge < -0.3 is 4.57 Å². The molecule has 3 aromatic heterocycles. The van der Waals surface area contributed by atoms with Crippen LogP contribution >= 0.6 is 0 Å². The van der Waals surface area contributed by atoms with E-state index < -0.39 is 0 Å². The third-order valence-electron chi connectivity index (χ3n) is 4.52. The average molecular weight is 343 g/mol. The van der Waals surface area contributed by atoms with Crippen molar-refractivity contribution < 1.29 is 0 Å². The lowest BCUT2D eigenvalue weighted by Gasteiger charge is -2.10. The SMILES string of the molecule is Cc1cccc(-c2nc(C(C)C)n(C)c2-c2ccc3nccnc3c2)n1. The first-order valence-electron chi connectivity index (χ1n) is 8.76. The Hall–Kier alpha value is -3.08. The second-order valence-electron chi connectivity index (χ2n) is 6.80. The molecule has 0 aliphatic carbocycles. The highest BCUT2D eigenvalue weighted by Gasteiger charge is 2.20. The van der Waals surface area contributed by atoms with E-state index in [1.165, 1.54) is 0 Å². The summed E-state index contributed by atoms with van der Waals surface area (Å²) in [5, 5.41) is 0. The smallest absolute Gasteiger partial charge is 0.115 e. The van der Waals surface area contributed by atoms with Gasteiger partial charge in [-0.15, -0.1) is 0 Å². The van der Waals surface area contributed by atoms with E-state index >= 15 is 0 Å². The van der Waals surface area contributed by atoms with E-state index in [-0.39, 0.29) is 0 Å². The van der Waals surface area contributed by atoms with Crippen molar-refractivity contribution in [2.24, 2.45) is 7.05 Å². The predicted molar refractivity (Wildman–Crippen MR) is 104 cm³/mol. The van der Waals surface area contributed by atoms with Gasteiger partial charge in [0.2, 0.25) is 0 Å². The summed E-state index contributed by atoms with van der Waals surface area (Å²) in [6, 6.07) is 12.2. The molecule has 0 unspecified atom stereocenters. The first-order chi connectivity index (χ1) is 12.5. The zero-order valence-corrected chi connectivity index (χ0v) is 15.4. The average Bonchev–Trinajstić information content (AvgIpc) is 2.99. The van der Waals surface area contributed by atoms with Gasteiger partial charge in [0.1, 0.15) is 11.5 Å². The number of rotatable bonds is 3. The van der Waals surface area contributed by atoms with Crippen molar-refractivity contribution in [3.8, 4) is 22.6 Å².